The summed E-state index contributed by atoms with van der Waals surface area (Å²) in [5, 5.41) is 20.6. The van der Waals surface area contributed by atoms with Crippen LogP contribution in [0.3, 0.4) is 0 Å². The molecule has 0 aliphatic heterocycles. The normalized spacial score (nSPS) is 15.0. The number of allylic oxidation sites excluding steroid dienone is 1. The first-order chi connectivity index (χ1) is 21.2. The van der Waals surface area contributed by atoms with E-state index in [1.807, 2.05) is 0 Å². The Balaban J connectivity index is 4.73. The summed E-state index contributed by atoms with van der Waals surface area (Å²) >= 11 is 0. The first-order valence-electron chi connectivity index (χ1n) is 17.7. The monoisotopic (exact) mass is 661 g/mol. The second kappa shape index (κ2) is 25.6. The van der Waals surface area contributed by atoms with Crippen LogP contribution in [0.25, 0.3) is 0 Å². The van der Waals surface area contributed by atoms with Crippen molar-refractivity contribution in [1.29, 1.82) is 0 Å². The van der Waals surface area contributed by atoms with E-state index in [1.54, 1.807) is 6.08 Å². The van der Waals surface area contributed by atoms with E-state index in [9.17, 15) is 32.8 Å². The molecule has 0 aromatic carbocycles. The number of hydrogen-bond donors (Lipinski definition) is 4. The molecule has 0 radical (unpaired) electrons. The SMILES string of the molecule is CC(C)CCCCCCCCCC/C=C\C(O)C(OC(=O)CCCCCCCCCCCC(C)C)C(N)(CS(=O)(=O)O)C(=O)O. The summed E-state index contributed by atoms with van der Waals surface area (Å²) in [6.07, 6.45) is 21.3. The molecule has 0 fully saturated rings. The van der Waals surface area contributed by atoms with Crippen molar-refractivity contribution in [3.8, 4) is 0 Å². The molecule has 0 rings (SSSR count). The molecule has 0 aromatic rings. The predicted octanol–water partition coefficient (Wildman–Crippen LogP) is 7.99. The van der Waals surface area contributed by atoms with Crippen molar-refractivity contribution in [2.24, 2.45) is 17.6 Å². The van der Waals surface area contributed by atoms with Gasteiger partial charge in [-0.3, -0.25) is 14.1 Å². The van der Waals surface area contributed by atoms with Crippen LogP contribution in [0.15, 0.2) is 12.2 Å². The third kappa shape index (κ3) is 24.4. The summed E-state index contributed by atoms with van der Waals surface area (Å²) in [5.41, 5.74) is 3.18. The number of rotatable bonds is 30. The minimum Gasteiger partial charge on any atom is -0.480 e. The van der Waals surface area contributed by atoms with E-state index in [1.165, 1.54) is 76.7 Å². The standard InChI is InChI=1S/C35H67NO8S/c1-29(2)24-20-16-12-8-5-6-10-14-18-22-26-31(37)33(35(36,34(39)40)28-45(41,42)43)44-32(38)27-23-19-15-11-7-9-13-17-21-25-30(3)4/h22,26,29-31,33,37H,5-21,23-25,27-28,36H2,1-4H3,(H,39,40)(H,41,42,43)/b26-22-. The summed E-state index contributed by atoms with van der Waals surface area (Å²) in [6.45, 7) is 8.99. The van der Waals surface area contributed by atoms with Crippen LogP contribution in [0.2, 0.25) is 0 Å². The number of carboxylic acid groups (broad SMARTS) is 1. The summed E-state index contributed by atoms with van der Waals surface area (Å²) in [5.74, 6) is -2.47. The predicted molar refractivity (Wildman–Crippen MR) is 183 cm³/mol. The van der Waals surface area contributed by atoms with Gasteiger partial charge in [0.1, 0.15) is 11.9 Å². The molecule has 0 saturated heterocycles. The lowest BCUT2D eigenvalue weighted by molar-refractivity contribution is -0.166. The number of esters is 1. The molecule has 0 aromatic heterocycles. The molecule has 0 amide bonds. The zero-order valence-electron chi connectivity index (χ0n) is 28.9. The van der Waals surface area contributed by atoms with E-state index >= 15 is 0 Å². The molecule has 0 bridgehead atoms. The van der Waals surface area contributed by atoms with E-state index in [4.69, 9.17) is 10.5 Å². The number of nitrogens with two attached hydrogens (primary N) is 1. The van der Waals surface area contributed by atoms with E-state index in [0.29, 0.717) is 12.8 Å². The molecular weight excluding hydrogens is 594 g/mol. The Bertz CT molecular complexity index is 905. The molecule has 266 valence electrons. The summed E-state index contributed by atoms with van der Waals surface area (Å²) in [4.78, 5) is 24.7. The number of hydrogen-bond acceptors (Lipinski definition) is 7. The van der Waals surface area contributed by atoms with Crippen molar-refractivity contribution in [1.82, 2.24) is 0 Å². The molecule has 0 aliphatic carbocycles. The summed E-state index contributed by atoms with van der Waals surface area (Å²) in [6, 6.07) is 0. The van der Waals surface area contributed by atoms with Gasteiger partial charge in [0, 0.05) is 6.42 Å². The first kappa shape index (κ1) is 43.5. The number of carboxylic acids is 1. The van der Waals surface area contributed by atoms with E-state index in [2.05, 4.69) is 27.7 Å². The number of ether oxygens (including phenoxy) is 1. The lowest BCUT2D eigenvalue weighted by atomic mass is 9.91. The quantitative estimate of drug-likeness (QED) is 0.0258. The van der Waals surface area contributed by atoms with Gasteiger partial charge in [-0.1, -0.05) is 149 Å². The number of aliphatic carboxylic acids is 1. The van der Waals surface area contributed by atoms with E-state index in [-0.39, 0.29) is 6.42 Å². The smallest absolute Gasteiger partial charge is 0.328 e. The average molecular weight is 662 g/mol. The van der Waals surface area contributed by atoms with Gasteiger partial charge in [0.2, 0.25) is 0 Å². The number of carbonyl (C=O) groups is 2. The van der Waals surface area contributed by atoms with Crippen LogP contribution in [0.4, 0.5) is 0 Å². The van der Waals surface area contributed by atoms with Crippen LogP contribution in [0, 0.1) is 11.8 Å². The Labute approximate surface area is 274 Å². The van der Waals surface area contributed by atoms with Gasteiger partial charge in [0.15, 0.2) is 11.6 Å². The maximum absolute atomic E-state index is 12.6. The van der Waals surface area contributed by atoms with Gasteiger partial charge >= 0.3 is 11.9 Å². The van der Waals surface area contributed by atoms with Crippen molar-refractivity contribution < 1.29 is 37.5 Å². The third-order valence-electron chi connectivity index (χ3n) is 8.29. The highest BCUT2D eigenvalue weighted by molar-refractivity contribution is 7.85. The summed E-state index contributed by atoms with van der Waals surface area (Å²) < 4.78 is 37.9. The largest absolute Gasteiger partial charge is 0.480 e. The third-order valence-corrected chi connectivity index (χ3v) is 9.14. The van der Waals surface area contributed by atoms with Gasteiger partial charge in [-0.25, -0.2) is 0 Å². The number of aliphatic hydroxyl groups excluding tert-OH is 1. The van der Waals surface area contributed by atoms with Gasteiger partial charge < -0.3 is 20.7 Å². The zero-order chi connectivity index (χ0) is 34.1. The van der Waals surface area contributed by atoms with Crippen LogP contribution in [-0.4, -0.2) is 58.6 Å². The number of aliphatic hydroxyl groups is 1. The van der Waals surface area contributed by atoms with Crippen LogP contribution >= 0.6 is 0 Å². The molecule has 9 nitrogen and oxygen atoms in total. The fourth-order valence-corrected chi connectivity index (χ4v) is 6.41. The maximum atomic E-state index is 12.6. The molecule has 5 N–H and O–H groups in total. The Morgan fingerprint density at radius 2 is 1.13 bits per heavy atom. The lowest BCUT2D eigenvalue weighted by Gasteiger charge is -2.34. The van der Waals surface area contributed by atoms with Crippen LogP contribution < -0.4 is 5.73 Å². The minimum atomic E-state index is -4.86. The number of unbranched alkanes of at least 4 members (excludes halogenated alkanes) is 16. The highest BCUT2D eigenvalue weighted by atomic mass is 32.2. The fraction of sp³-hybridized carbons (Fsp3) is 0.886. The second-order valence-corrected chi connectivity index (χ2v) is 15.3. The van der Waals surface area contributed by atoms with Gasteiger partial charge in [-0.15, -0.1) is 0 Å². The Kier molecular flexibility index (Phi) is 24.7. The van der Waals surface area contributed by atoms with E-state index < -0.39 is 45.6 Å². The van der Waals surface area contributed by atoms with Crippen molar-refractivity contribution in [2.45, 2.75) is 180 Å². The van der Waals surface area contributed by atoms with Crippen molar-refractivity contribution in [3.05, 3.63) is 12.2 Å². The molecule has 0 saturated carbocycles. The van der Waals surface area contributed by atoms with Crippen LogP contribution in [0.5, 0.6) is 0 Å². The van der Waals surface area contributed by atoms with Gasteiger partial charge in [0.25, 0.3) is 10.1 Å². The molecule has 0 aliphatic rings. The fourth-order valence-electron chi connectivity index (χ4n) is 5.52. The Morgan fingerprint density at radius 3 is 1.53 bits per heavy atom. The van der Waals surface area contributed by atoms with Crippen molar-refractivity contribution >= 4 is 22.1 Å². The minimum absolute atomic E-state index is 0.0125. The molecule has 0 spiro atoms. The average Bonchev–Trinajstić information content (AvgIpc) is 2.93. The summed E-state index contributed by atoms with van der Waals surface area (Å²) in [7, 11) is -4.86. The van der Waals surface area contributed by atoms with Gasteiger partial charge in [-0.05, 0) is 31.1 Å². The second-order valence-electron chi connectivity index (χ2n) is 13.8. The zero-order valence-corrected chi connectivity index (χ0v) is 29.7. The highest BCUT2D eigenvalue weighted by Crippen LogP contribution is 2.22. The van der Waals surface area contributed by atoms with Crippen LogP contribution in [-0.2, 0) is 24.4 Å². The van der Waals surface area contributed by atoms with Crippen molar-refractivity contribution in [3.63, 3.8) is 0 Å². The highest BCUT2D eigenvalue weighted by Gasteiger charge is 2.51. The lowest BCUT2D eigenvalue weighted by Crippen LogP contribution is -2.65. The molecule has 10 heteroatoms. The molecule has 3 unspecified atom stereocenters. The molecule has 0 heterocycles. The molecule has 3 atom stereocenters. The molecule has 45 heavy (non-hydrogen) atoms. The Morgan fingerprint density at radius 1 is 0.733 bits per heavy atom. The van der Waals surface area contributed by atoms with Gasteiger partial charge in [0.05, 0.1) is 0 Å². The van der Waals surface area contributed by atoms with Gasteiger partial charge in [-0.2, -0.15) is 8.42 Å². The van der Waals surface area contributed by atoms with Crippen molar-refractivity contribution in [2.75, 3.05) is 5.75 Å². The van der Waals surface area contributed by atoms with E-state index in [0.717, 1.165) is 56.8 Å². The number of carbonyl (C=O) groups excluding carboxylic acids is 1. The Hall–Kier alpha value is -1.49. The maximum Gasteiger partial charge on any atom is 0.328 e. The first-order valence-corrected chi connectivity index (χ1v) is 19.3. The molecular formula is C35H67NO8S. The van der Waals surface area contributed by atoms with Crippen LogP contribution in [0.1, 0.15) is 163 Å². The topological polar surface area (TPSA) is 164 Å².